The molecule has 0 aromatic heterocycles. The molecule has 13 heavy (non-hydrogen) atoms. The normalized spacial score (nSPS) is 29.5. The average Bonchev–Trinajstić information content (AvgIpc) is 2.09. The molecular formula is C10H19NO2. The van der Waals surface area contributed by atoms with E-state index < -0.39 is 0 Å². The summed E-state index contributed by atoms with van der Waals surface area (Å²) < 4.78 is 4.96. The molecule has 2 atom stereocenters. The van der Waals surface area contributed by atoms with Crippen molar-refractivity contribution in [2.24, 2.45) is 11.8 Å². The summed E-state index contributed by atoms with van der Waals surface area (Å²) in [6, 6.07) is 0. The molecule has 1 heterocycles. The van der Waals surface area contributed by atoms with Gasteiger partial charge in [-0.2, -0.15) is 0 Å². The lowest BCUT2D eigenvalue weighted by Gasteiger charge is -2.34. The number of hydrogen-bond acceptors (Lipinski definition) is 2. The molecule has 3 nitrogen and oxygen atoms in total. The smallest absolute Gasteiger partial charge is 0.222 e. The monoisotopic (exact) mass is 185 g/mol. The Morgan fingerprint density at radius 2 is 2.15 bits per heavy atom. The fourth-order valence-corrected chi connectivity index (χ4v) is 1.65. The van der Waals surface area contributed by atoms with Crippen molar-refractivity contribution >= 4 is 5.91 Å². The highest BCUT2D eigenvalue weighted by Crippen LogP contribution is 2.22. The summed E-state index contributed by atoms with van der Waals surface area (Å²) in [4.78, 5) is 13.4. The van der Waals surface area contributed by atoms with Gasteiger partial charge < -0.3 is 9.64 Å². The van der Waals surface area contributed by atoms with Gasteiger partial charge in [0.25, 0.3) is 0 Å². The number of piperidine rings is 1. The SMILES string of the molecule is COCCN1CC(C)C(C)CC1=O. The van der Waals surface area contributed by atoms with Crippen LogP contribution in [-0.4, -0.2) is 37.6 Å². The van der Waals surface area contributed by atoms with Gasteiger partial charge >= 0.3 is 0 Å². The Morgan fingerprint density at radius 3 is 2.77 bits per heavy atom. The van der Waals surface area contributed by atoms with E-state index in [-0.39, 0.29) is 5.91 Å². The van der Waals surface area contributed by atoms with Crippen LogP contribution in [0.5, 0.6) is 0 Å². The standard InChI is InChI=1S/C10H19NO2/c1-8-6-10(12)11(4-5-13-3)7-9(8)2/h8-9H,4-7H2,1-3H3. The molecule has 0 aromatic rings. The molecule has 1 saturated heterocycles. The Labute approximate surface area is 80.1 Å². The van der Waals surface area contributed by atoms with Crippen LogP contribution < -0.4 is 0 Å². The van der Waals surface area contributed by atoms with E-state index in [1.807, 2.05) is 4.90 Å². The van der Waals surface area contributed by atoms with E-state index in [0.29, 0.717) is 24.9 Å². The summed E-state index contributed by atoms with van der Waals surface area (Å²) in [5.74, 6) is 1.43. The number of ether oxygens (including phenoxy) is 1. The molecule has 0 saturated carbocycles. The van der Waals surface area contributed by atoms with Crippen LogP contribution in [0.1, 0.15) is 20.3 Å². The molecule has 0 bridgehead atoms. The van der Waals surface area contributed by atoms with Gasteiger partial charge in [0.1, 0.15) is 0 Å². The first kappa shape index (κ1) is 10.5. The number of nitrogens with zero attached hydrogens (tertiary/aromatic N) is 1. The zero-order valence-corrected chi connectivity index (χ0v) is 8.75. The van der Waals surface area contributed by atoms with Crippen LogP contribution in [-0.2, 0) is 9.53 Å². The number of rotatable bonds is 3. The van der Waals surface area contributed by atoms with E-state index in [0.717, 1.165) is 13.1 Å². The lowest BCUT2D eigenvalue weighted by molar-refractivity contribution is -0.137. The summed E-state index contributed by atoms with van der Waals surface area (Å²) >= 11 is 0. The second kappa shape index (κ2) is 4.61. The molecule has 0 aromatic carbocycles. The predicted octanol–water partition coefficient (Wildman–Crippen LogP) is 1.14. The van der Waals surface area contributed by atoms with Gasteiger partial charge in [-0.15, -0.1) is 0 Å². The number of carbonyl (C=O) groups is 1. The van der Waals surface area contributed by atoms with E-state index in [2.05, 4.69) is 13.8 Å². The Morgan fingerprint density at radius 1 is 1.46 bits per heavy atom. The minimum atomic E-state index is 0.280. The van der Waals surface area contributed by atoms with E-state index in [4.69, 9.17) is 4.74 Å². The average molecular weight is 185 g/mol. The maximum atomic E-state index is 11.5. The molecule has 0 aliphatic carbocycles. The fourth-order valence-electron chi connectivity index (χ4n) is 1.65. The zero-order valence-electron chi connectivity index (χ0n) is 8.75. The molecule has 0 N–H and O–H groups in total. The molecule has 1 aliphatic rings. The van der Waals surface area contributed by atoms with Crippen LogP contribution in [0.4, 0.5) is 0 Å². The molecule has 1 rings (SSSR count). The van der Waals surface area contributed by atoms with Gasteiger partial charge in [0.2, 0.25) is 5.91 Å². The minimum Gasteiger partial charge on any atom is -0.383 e. The highest BCUT2D eigenvalue weighted by molar-refractivity contribution is 5.77. The second-order valence-corrected chi connectivity index (χ2v) is 3.99. The molecule has 0 radical (unpaired) electrons. The summed E-state index contributed by atoms with van der Waals surface area (Å²) in [6.07, 6.45) is 0.699. The van der Waals surface area contributed by atoms with Crippen LogP contribution in [0, 0.1) is 11.8 Å². The van der Waals surface area contributed by atoms with Gasteiger partial charge in [0.05, 0.1) is 6.61 Å². The topological polar surface area (TPSA) is 29.5 Å². The van der Waals surface area contributed by atoms with Crippen molar-refractivity contribution in [3.63, 3.8) is 0 Å². The van der Waals surface area contributed by atoms with Gasteiger partial charge in [0, 0.05) is 26.6 Å². The third-order valence-corrected chi connectivity index (χ3v) is 2.89. The third-order valence-electron chi connectivity index (χ3n) is 2.89. The van der Waals surface area contributed by atoms with E-state index in [1.165, 1.54) is 0 Å². The van der Waals surface area contributed by atoms with Crippen molar-refractivity contribution in [3.8, 4) is 0 Å². The van der Waals surface area contributed by atoms with Crippen LogP contribution in [0.15, 0.2) is 0 Å². The Bertz CT molecular complexity index is 182. The van der Waals surface area contributed by atoms with Gasteiger partial charge in [-0.25, -0.2) is 0 Å². The maximum Gasteiger partial charge on any atom is 0.222 e. The summed E-state index contributed by atoms with van der Waals surface area (Å²) in [5, 5.41) is 0. The summed E-state index contributed by atoms with van der Waals surface area (Å²) in [7, 11) is 1.67. The molecule has 2 unspecified atom stereocenters. The minimum absolute atomic E-state index is 0.280. The van der Waals surface area contributed by atoms with Crippen molar-refractivity contribution in [2.45, 2.75) is 20.3 Å². The summed E-state index contributed by atoms with van der Waals surface area (Å²) in [6.45, 7) is 6.63. The van der Waals surface area contributed by atoms with Gasteiger partial charge in [-0.1, -0.05) is 13.8 Å². The highest BCUT2D eigenvalue weighted by atomic mass is 16.5. The van der Waals surface area contributed by atoms with Crippen molar-refractivity contribution in [1.29, 1.82) is 0 Å². The predicted molar refractivity (Wildman–Crippen MR) is 51.4 cm³/mol. The van der Waals surface area contributed by atoms with Crippen LogP contribution in [0.3, 0.4) is 0 Å². The van der Waals surface area contributed by atoms with Crippen molar-refractivity contribution in [1.82, 2.24) is 4.90 Å². The van der Waals surface area contributed by atoms with E-state index >= 15 is 0 Å². The fraction of sp³-hybridized carbons (Fsp3) is 0.900. The first-order chi connectivity index (χ1) is 6.15. The van der Waals surface area contributed by atoms with Gasteiger partial charge in [0.15, 0.2) is 0 Å². The number of carbonyl (C=O) groups excluding carboxylic acids is 1. The molecule has 1 aliphatic heterocycles. The zero-order chi connectivity index (χ0) is 9.84. The van der Waals surface area contributed by atoms with Gasteiger partial charge in [-0.05, 0) is 11.8 Å². The van der Waals surface area contributed by atoms with Crippen molar-refractivity contribution in [2.75, 3.05) is 26.8 Å². The Hall–Kier alpha value is -0.570. The number of hydrogen-bond donors (Lipinski definition) is 0. The lowest BCUT2D eigenvalue weighted by atomic mass is 9.88. The van der Waals surface area contributed by atoms with Crippen molar-refractivity contribution < 1.29 is 9.53 Å². The number of amides is 1. The third kappa shape index (κ3) is 2.69. The largest absolute Gasteiger partial charge is 0.383 e. The molecular weight excluding hydrogens is 166 g/mol. The highest BCUT2D eigenvalue weighted by Gasteiger charge is 2.27. The van der Waals surface area contributed by atoms with Crippen molar-refractivity contribution in [3.05, 3.63) is 0 Å². The Kier molecular flexibility index (Phi) is 3.72. The Balaban J connectivity index is 2.42. The van der Waals surface area contributed by atoms with Crippen LogP contribution in [0.25, 0.3) is 0 Å². The van der Waals surface area contributed by atoms with Gasteiger partial charge in [-0.3, -0.25) is 4.79 Å². The van der Waals surface area contributed by atoms with E-state index in [1.54, 1.807) is 7.11 Å². The second-order valence-electron chi connectivity index (χ2n) is 3.99. The first-order valence-corrected chi connectivity index (χ1v) is 4.92. The lowest BCUT2D eigenvalue weighted by Crippen LogP contribution is -2.44. The molecule has 1 fully saturated rings. The number of likely N-dealkylation sites (tertiary alicyclic amines) is 1. The first-order valence-electron chi connectivity index (χ1n) is 4.92. The van der Waals surface area contributed by atoms with Crippen LogP contribution >= 0.6 is 0 Å². The van der Waals surface area contributed by atoms with E-state index in [9.17, 15) is 4.79 Å². The van der Waals surface area contributed by atoms with Crippen LogP contribution in [0.2, 0.25) is 0 Å². The number of methoxy groups -OCH3 is 1. The quantitative estimate of drug-likeness (QED) is 0.660. The molecule has 1 amide bonds. The molecule has 76 valence electrons. The molecule has 3 heteroatoms. The molecule has 0 spiro atoms. The summed E-state index contributed by atoms with van der Waals surface area (Å²) in [5.41, 5.74) is 0. The maximum absolute atomic E-state index is 11.5.